The van der Waals surface area contributed by atoms with Crippen LogP contribution >= 0.6 is 7.92 Å². The average molecular weight is 336 g/mol. The topological polar surface area (TPSA) is 57.0 Å². The van der Waals surface area contributed by atoms with Gasteiger partial charge in [0.05, 0.1) is 5.69 Å². The second-order valence-corrected chi connectivity index (χ2v) is 8.85. The molecule has 2 saturated heterocycles. The van der Waals surface area contributed by atoms with Gasteiger partial charge in [-0.25, -0.2) is 0 Å². The molecule has 0 unspecified atom stereocenters. The van der Waals surface area contributed by atoms with Crippen molar-refractivity contribution >= 4 is 18.9 Å². The maximum absolute atomic E-state index is 6.04. The van der Waals surface area contributed by atoms with Crippen molar-refractivity contribution in [3.8, 4) is 11.5 Å². The number of benzene rings is 1. The van der Waals surface area contributed by atoms with Crippen molar-refractivity contribution in [2.24, 2.45) is 0 Å². The van der Waals surface area contributed by atoms with E-state index in [0.29, 0.717) is 18.9 Å². The first-order chi connectivity index (χ1) is 11.3. The molecule has 0 aromatic heterocycles. The highest BCUT2D eigenvalue weighted by molar-refractivity contribution is 7.66. The van der Waals surface area contributed by atoms with Gasteiger partial charge in [-0.2, -0.15) is 0 Å². The Morgan fingerprint density at radius 2 is 1.65 bits per heavy atom. The average Bonchev–Trinajstić information content (AvgIpc) is 2.63. The third-order valence-corrected chi connectivity index (χ3v) is 7.57. The fourth-order valence-electron chi connectivity index (χ4n) is 3.77. The summed E-state index contributed by atoms with van der Waals surface area (Å²) >= 11 is 0. The maximum atomic E-state index is 6.04. The van der Waals surface area contributed by atoms with E-state index in [4.69, 9.17) is 19.9 Å². The molecule has 2 fully saturated rings. The third kappa shape index (κ3) is 3.15. The minimum atomic E-state index is -0.175. The van der Waals surface area contributed by atoms with Gasteiger partial charge in [0.1, 0.15) is 13.2 Å². The lowest BCUT2D eigenvalue weighted by atomic mass is 10.1. The Morgan fingerprint density at radius 1 is 0.957 bits per heavy atom. The summed E-state index contributed by atoms with van der Waals surface area (Å²) in [6.07, 6.45) is 4.86. The normalized spacial score (nSPS) is 23.8. The van der Waals surface area contributed by atoms with Crippen LogP contribution in [0.2, 0.25) is 0 Å². The quantitative estimate of drug-likeness (QED) is 0.657. The van der Waals surface area contributed by atoms with E-state index in [-0.39, 0.29) is 7.92 Å². The lowest BCUT2D eigenvalue weighted by molar-refractivity contribution is 0.0373. The molecule has 0 aliphatic carbocycles. The molecule has 6 heteroatoms. The van der Waals surface area contributed by atoms with Crippen LogP contribution in [0.3, 0.4) is 0 Å². The Morgan fingerprint density at radius 3 is 2.39 bits per heavy atom. The molecule has 0 spiro atoms. The molecule has 0 saturated carbocycles. The third-order valence-electron chi connectivity index (χ3n) is 5.06. The van der Waals surface area contributed by atoms with Crippen LogP contribution < -0.4 is 20.5 Å². The Kier molecular flexibility index (Phi) is 4.61. The minimum absolute atomic E-state index is 0.175. The van der Waals surface area contributed by atoms with Gasteiger partial charge >= 0.3 is 0 Å². The van der Waals surface area contributed by atoms with Crippen molar-refractivity contribution < 1.29 is 14.2 Å². The molecule has 126 valence electrons. The lowest BCUT2D eigenvalue weighted by Crippen LogP contribution is -2.45. The fourth-order valence-corrected chi connectivity index (χ4v) is 6.21. The molecule has 3 aliphatic rings. The van der Waals surface area contributed by atoms with Gasteiger partial charge in [-0.05, 0) is 37.3 Å². The molecule has 5 nitrogen and oxygen atoms in total. The van der Waals surface area contributed by atoms with Crippen molar-refractivity contribution in [3.05, 3.63) is 12.1 Å². The molecule has 1 aromatic carbocycles. The number of nitrogens with zero attached hydrogens (tertiary/aromatic N) is 1. The highest BCUT2D eigenvalue weighted by atomic mass is 31.1. The summed E-state index contributed by atoms with van der Waals surface area (Å²) in [7, 11) is -0.175. The van der Waals surface area contributed by atoms with E-state index in [2.05, 4.69) is 11.0 Å². The number of nitrogens with two attached hydrogens (primary N) is 1. The van der Waals surface area contributed by atoms with E-state index in [1.54, 1.807) is 0 Å². The standard InChI is InChI=1S/C17H25N2O3P/c18-14-1-2-15(17-16(14)21-9-10-22-17)23-11-5-19(6-12-23)13-3-7-20-8-4-13/h1-2,13H,3-12,18H2. The molecule has 0 radical (unpaired) electrons. The maximum Gasteiger partial charge on any atom is 0.184 e. The van der Waals surface area contributed by atoms with Crippen LogP contribution in [0.15, 0.2) is 12.1 Å². The van der Waals surface area contributed by atoms with Gasteiger partial charge in [0.2, 0.25) is 0 Å². The number of anilines is 1. The molecule has 3 aliphatic heterocycles. The second-order valence-electron chi connectivity index (χ2n) is 6.40. The van der Waals surface area contributed by atoms with Gasteiger partial charge in [-0.3, -0.25) is 4.90 Å². The van der Waals surface area contributed by atoms with E-state index in [0.717, 1.165) is 30.8 Å². The predicted octanol–water partition coefficient (Wildman–Crippen LogP) is 1.64. The Hall–Kier alpha value is -1.03. The first-order valence-electron chi connectivity index (χ1n) is 8.58. The SMILES string of the molecule is Nc1ccc(P2CCN(C3CCOCC3)CC2)c2c1OCCO2. The molecule has 0 atom stereocenters. The zero-order valence-corrected chi connectivity index (χ0v) is 14.4. The van der Waals surface area contributed by atoms with Gasteiger partial charge in [0.25, 0.3) is 0 Å². The van der Waals surface area contributed by atoms with Crippen LogP contribution in [0.5, 0.6) is 11.5 Å². The zero-order chi connectivity index (χ0) is 15.6. The van der Waals surface area contributed by atoms with Crippen LogP contribution in [-0.4, -0.2) is 62.8 Å². The van der Waals surface area contributed by atoms with E-state index >= 15 is 0 Å². The number of hydrogen-bond donors (Lipinski definition) is 1. The first-order valence-corrected chi connectivity index (χ1v) is 10.3. The summed E-state index contributed by atoms with van der Waals surface area (Å²) in [4.78, 5) is 2.67. The monoisotopic (exact) mass is 336 g/mol. The van der Waals surface area contributed by atoms with Gasteiger partial charge < -0.3 is 19.9 Å². The van der Waals surface area contributed by atoms with Crippen molar-refractivity contribution in [2.45, 2.75) is 18.9 Å². The number of nitrogen functional groups attached to an aromatic ring is 1. The van der Waals surface area contributed by atoms with Crippen LogP contribution in [0.25, 0.3) is 0 Å². The van der Waals surface area contributed by atoms with E-state index in [1.165, 1.54) is 43.6 Å². The minimum Gasteiger partial charge on any atom is -0.485 e. The molecule has 4 rings (SSSR count). The summed E-state index contributed by atoms with van der Waals surface area (Å²) in [6.45, 7) is 5.45. The largest absolute Gasteiger partial charge is 0.485 e. The summed E-state index contributed by atoms with van der Waals surface area (Å²) < 4.78 is 17.1. The molecule has 2 N–H and O–H groups in total. The van der Waals surface area contributed by atoms with Crippen molar-refractivity contribution in [2.75, 3.05) is 57.6 Å². The second kappa shape index (κ2) is 6.84. The Labute approximate surface area is 138 Å². The summed E-state index contributed by atoms with van der Waals surface area (Å²) in [5, 5.41) is 1.34. The molecule has 0 bridgehead atoms. The first kappa shape index (κ1) is 15.5. The highest BCUT2D eigenvalue weighted by Gasteiger charge is 2.30. The van der Waals surface area contributed by atoms with Gasteiger partial charge in [0.15, 0.2) is 11.5 Å². The van der Waals surface area contributed by atoms with E-state index in [1.807, 2.05) is 6.07 Å². The summed E-state index contributed by atoms with van der Waals surface area (Å²) in [5.74, 6) is 1.69. The van der Waals surface area contributed by atoms with Crippen LogP contribution in [0.4, 0.5) is 5.69 Å². The lowest BCUT2D eigenvalue weighted by Gasteiger charge is -2.40. The Bertz CT molecular complexity index is 555. The van der Waals surface area contributed by atoms with Crippen molar-refractivity contribution in [1.82, 2.24) is 4.90 Å². The number of rotatable bonds is 2. The molecule has 3 heterocycles. The van der Waals surface area contributed by atoms with Crippen molar-refractivity contribution in [3.63, 3.8) is 0 Å². The number of fused-ring (bicyclic) bond motifs is 1. The van der Waals surface area contributed by atoms with E-state index < -0.39 is 0 Å². The van der Waals surface area contributed by atoms with Gasteiger partial charge in [-0.15, -0.1) is 0 Å². The van der Waals surface area contributed by atoms with Crippen LogP contribution in [0.1, 0.15) is 12.8 Å². The fraction of sp³-hybridized carbons (Fsp3) is 0.647. The predicted molar refractivity (Wildman–Crippen MR) is 93.5 cm³/mol. The Balaban J connectivity index is 1.46. The summed E-state index contributed by atoms with van der Waals surface area (Å²) in [5.41, 5.74) is 6.74. The van der Waals surface area contributed by atoms with Gasteiger partial charge in [0, 0.05) is 37.6 Å². The molecule has 23 heavy (non-hydrogen) atoms. The zero-order valence-electron chi connectivity index (χ0n) is 13.5. The molecule has 0 amide bonds. The summed E-state index contributed by atoms with van der Waals surface area (Å²) in [6, 6.07) is 4.87. The van der Waals surface area contributed by atoms with Crippen LogP contribution in [-0.2, 0) is 4.74 Å². The van der Waals surface area contributed by atoms with Crippen molar-refractivity contribution in [1.29, 1.82) is 0 Å². The number of hydrogen-bond acceptors (Lipinski definition) is 5. The molecule has 1 aromatic rings. The smallest absolute Gasteiger partial charge is 0.184 e. The van der Waals surface area contributed by atoms with Crippen LogP contribution in [0, 0.1) is 0 Å². The molecular formula is C17H25N2O3P. The highest BCUT2D eigenvalue weighted by Crippen LogP contribution is 2.46. The van der Waals surface area contributed by atoms with E-state index in [9.17, 15) is 0 Å². The number of ether oxygens (including phenoxy) is 3. The molecular weight excluding hydrogens is 311 g/mol. The van der Waals surface area contributed by atoms with Gasteiger partial charge in [-0.1, -0.05) is 7.92 Å².